The number of hydrogen-bond acceptors (Lipinski definition) is 6. The third-order valence-electron chi connectivity index (χ3n) is 4.15. The van der Waals surface area contributed by atoms with Gasteiger partial charge in [-0.3, -0.25) is 14.9 Å². The molecule has 0 aromatic heterocycles. The van der Waals surface area contributed by atoms with E-state index in [1.807, 2.05) is 19.1 Å². The Bertz CT molecular complexity index is 1180. The van der Waals surface area contributed by atoms with E-state index in [-0.39, 0.29) is 17.0 Å². The largest absolute Gasteiger partial charge is 0.422 e. The summed E-state index contributed by atoms with van der Waals surface area (Å²) in [5.74, 6) is -0.895. The molecule has 31 heavy (non-hydrogen) atoms. The second-order valence-corrected chi connectivity index (χ2v) is 7.36. The average Bonchev–Trinajstić information content (AvgIpc) is 2.76. The van der Waals surface area contributed by atoms with Gasteiger partial charge in [-0.1, -0.05) is 39.7 Å². The maximum absolute atomic E-state index is 12.4. The highest BCUT2D eigenvalue weighted by Gasteiger charge is 2.13. The lowest BCUT2D eigenvalue weighted by Gasteiger charge is -2.08. The van der Waals surface area contributed by atoms with Gasteiger partial charge in [-0.05, 0) is 43.3 Å². The topological polar surface area (TPSA) is 111 Å². The van der Waals surface area contributed by atoms with Crippen molar-refractivity contribution in [3.05, 3.63) is 104 Å². The van der Waals surface area contributed by atoms with Gasteiger partial charge in [0.05, 0.1) is 16.7 Å². The second kappa shape index (κ2) is 9.77. The number of nitrogens with zero attached hydrogens (tertiary/aromatic N) is 2. The Morgan fingerprint density at radius 2 is 1.81 bits per heavy atom. The van der Waals surface area contributed by atoms with Crippen molar-refractivity contribution in [2.45, 2.75) is 6.92 Å². The highest BCUT2D eigenvalue weighted by Crippen LogP contribution is 2.23. The molecule has 156 valence electrons. The molecule has 3 rings (SSSR count). The van der Waals surface area contributed by atoms with E-state index in [0.717, 1.165) is 11.6 Å². The normalized spacial score (nSPS) is 10.6. The molecule has 3 aromatic carbocycles. The van der Waals surface area contributed by atoms with Crippen molar-refractivity contribution in [3.8, 4) is 5.75 Å². The van der Waals surface area contributed by atoms with E-state index in [9.17, 15) is 19.7 Å². The summed E-state index contributed by atoms with van der Waals surface area (Å²) in [6.45, 7) is 1.92. The second-order valence-electron chi connectivity index (χ2n) is 6.44. The molecular formula is C22H16BrN3O5. The quantitative estimate of drug-likeness (QED) is 0.181. The van der Waals surface area contributed by atoms with Gasteiger partial charge in [0, 0.05) is 27.7 Å². The van der Waals surface area contributed by atoms with Crippen molar-refractivity contribution in [3.63, 3.8) is 0 Å². The fourth-order valence-electron chi connectivity index (χ4n) is 2.55. The lowest BCUT2D eigenvalue weighted by Crippen LogP contribution is -2.18. The van der Waals surface area contributed by atoms with Crippen LogP contribution in [-0.2, 0) is 0 Å². The number of esters is 1. The molecule has 0 saturated carbocycles. The summed E-state index contributed by atoms with van der Waals surface area (Å²) < 4.78 is 6.19. The molecule has 9 heteroatoms. The van der Waals surface area contributed by atoms with Gasteiger partial charge in [-0.25, -0.2) is 10.2 Å². The van der Waals surface area contributed by atoms with Crippen molar-refractivity contribution in [2.75, 3.05) is 0 Å². The molecule has 0 spiro atoms. The summed E-state index contributed by atoms with van der Waals surface area (Å²) >= 11 is 3.34. The van der Waals surface area contributed by atoms with Crippen molar-refractivity contribution in [1.29, 1.82) is 0 Å². The molecule has 3 aromatic rings. The van der Waals surface area contributed by atoms with Crippen LogP contribution in [-0.4, -0.2) is 23.0 Å². The molecule has 0 heterocycles. The van der Waals surface area contributed by atoms with Crippen LogP contribution in [0.25, 0.3) is 0 Å². The van der Waals surface area contributed by atoms with Gasteiger partial charge in [0.15, 0.2) is 0 Å². The molecule has 0 aliphatic heterocycles. The fourth-order valence-corrected chi connectivity index (χ4v) is 2.93. The van der Waals surface area contributed by atoms with E-state index in [1.54, 1.807) is 30.3 Å². The van der Waals surface area contributed by atoms with Gasteiger partial charge in [-0.15, -0.1) is 0 Å². The number of benzene rings is 3. The Morgan fingerprint density at radius 1 is 1.06 bits per heavy atom. The molecule has 0 atom stereocenters. The van der Waals surface area contributed by atoms with E-state index in [1.165, 1.54) is 24.4 Å². The number of carbonyl (C=O) groups is 2. The number of carbonyl (C=O) groups excluding carboxylic acids is 2. The van der Waals surface area contributed by atoms with Crippen LogP contribution in [0.3, 0.4) is 0 Å². The van der Waals surface area contributed by atoms with Gasteiger partial charge in [0.25, 0.3) is 11.6 Å². The zero-order chi connectivity index (χ0) is 22.4. The van der Waals surface area contributed by atoms with Crippen LogP contribution in [0.1, 0.15) is 31.8 Å². The number of aryl methyl sites for hydroxylation is 1. The first-order valence-corrected chi connectivity index (χ1v) is 9.79. The number of halogens is 1. The molecule has 0 radical (unpaired) electrons. The number of rotatable bonds is 6. The Balaban J connectivity index is 1.74. The van der Waals surface area contributed by atoms with E-state index < -0.39 is 16.8 Å². The number of hydrogen-bond donors (Lipinski definition) is 1. The van der Waals surface area contributed by atoms with Crippen molar-refractivity contribution < 1.29 is 19.2 Å². The number of nitro benzene ring substituents is 1. The predicted molar refractivity (Wildman–Crippen MR) is 118 cm³/mol. The standard InChI is InChI=1S/C22H16BrN3O5/c1-14-5-7-15(8-6-14)22(28)31-20-10-9-18(23)11-17(20)13-24-25-21(27)16-3-2-4-19(12-16)26(29)30/h2-13H,1H3,(H,25,27)/b24-13+. The molecule has 1 N–H and O–H groups in total. The van der Waals surface area contributed by atoms with Gasteiger partial charge in [0.2, 0.25) is 0 Å². The number of nitro groups is 1. The molecule has 0 fully saturated rings. The molecule has 0 bridgehead atoms. The minimum Gasteiger partial charge on any atom is -0.422 e. The number of non-ortho nitro benzene ring substituents is 1. The number of nitrogens with one attached hydrogen (secondary N) is 1. The highest BCUT2D eigenvalue weighted by atomic mass is 79.9. The SMILES string of the molecule is Cc1ccc(C(=O)Oc2ccc(Br)cc2/C=N/NC(=O)c2cccc([N+](=O)[O-])c2)cc1. The highest BCUT2D eigenvalue weighted by molar-refractivity contribution is 9.10. The molecule has 0 aliphatic carbocycles. The predicted octanol–water partition coefficient (Wildman–Crippen LogP) is 4.65. The van der Waals surface area contributed by atoms with E-state index in [4.69, 9.17) is 4.74 Å². The lowest BCUT2D eigenvalue weighted by molar-refractivity contribution is -0.384. The summed E-state index contributed by atoms with van der Waals surface area (Å²) in [6.07, 6.45) is 1.32. The molecule has 0 aliphatic rings. The van der Waals surface area contributed by atoms with Gasteiger partial charge < -0.3 is 4.74 Å². The summed E-state index contributed by atoms with van der Waals surface area (Å²) in [6, 6.07) is 17.2. The monoisotopic (exact) mass is 481 g/mol. The number of ether oxygens (including phenoxy) is 1. The Labute approximate surface area is 185 Å². The number of hydrazone groups is 1. The van der Waals surface area contributed by atoms with Crippen LogP contribution in [0.15, 0.2) is 76.3 Å². The molecule has 0 saturated heterocycles. The zero-order valence-corrected chi connectivity index (χ0v) is 17.8. The molecule has 1 amide bonds. The average molecular weight is 482 g/mol. The zero-order valence-electron chi connectivity index (χ0n) is 16.2. The van der Waals surface area contributed by atoms with Crippen LogP contribution < -0.4 is 10.2 Å². The minimum absolute atomic E-state index is 0.0895. The van der Waals surface area contributed by atoms with Gasteiger partial charge in [0.1, 0.15) is 5.75 Å². The first-order chi connectivity index (χ1) is 14.8. The van der Waals surface area contributed by atoms with E-state index >= 15 is 0 Å². The molecular weight excluding hydrogens is 466 g/mol. The Morgan fingerprint density at radius 3 is 2.52 bits per heavy atom. The van der Waals surface area contributed by atoms with Gasteiger partial charge >= 0.3 is 5.97 Å². The van der Waals surface area contributed by atoms with Crippen molar-refractivity contribution >= 4 is 39.7 Å². The Hall–Kier alpha value is -3.85. The van der Waals surface area contributed by atoms with Crippen LogP contribution >= 0.6 is 15.9 Å². The van der Waals surface area contributed by atoms with Crippen molar-refractivity contribution in [1.82, 2.24) is 5.43 Å². The third kappa shape index (κ3) is 5.83. The van der Waals surface area contributed by atoms with Gasteiger partial charge in [-0.2, -0.15) is 5.10 Å². The van der Waals surface area contributed by atoms with Crippen LogP contribution in [0.5, 0.6) is 5.75 Å². The first kappa shape index (κ1) is 21.8. The summed E-state index contributed by atoms with van der Waals surface area (Å²) in [5, 5.41) is 14.7. The van der Waals surface area contributed by atoms with Crippen LogP contribution in [0.4, 0.5) is 5.69 Å². The smallest absolute Gasteiger partial charge is 0.343 e. The maximum atomic E-state index is 12.4. The van der Waals surface area contributed by atoms with Crippen molar-refractivity contribution in [2.24, 2.45) is 5.10 Å². The minimum atomic E-state index is -0.617. The third-order valence-corrected chi connectivity index (χ3v) is 4.64. The summed E-state index contributed by atoms with van der Waals surface area (Å²) in [4.78, 5) is 34.9. The van der Waals surface area contributed by atoms with Crippen LogP contribution in [0.2, 0.25) is 0 Å². The number of amides is 1. The molecule has 8 nitrogen and oxygen atoms in total. The molecule has 0 unspecified atom stereocenters. The van der Waals surface area contributed by atoms with E-state index in [2.05, 4.69) is 26.5 Å². The Kier molecular flexibility index (Phi) is 6.88. The maximum Gasteiger partial charge on any atom is 0.343 e. The summed E-state index contributed by atoms with van der Waals surface area (Å²) in [5.41, 5.74) is 4.05. The lowest BCUT2D eigenvalue weighted by atomic mass is 10.1. The summed E-state index contributed by atoms with van der Waals surface area (Å²) in [7, 11) is 0. The first-order valence-electron chi connectivity index (χ1n) is 9.00. The fraction of sp³-hybridized carbons (Fsp3) is 0.0455. The van der Waals surface area contributed by atoms with E-state index in [0.29, 0.717) is 15.6 Å². The van der Waals surface area contributed by atoms with Crippen LogP contribution in [0, 0.1) is 17.0 Å².